The first-order valence-corrected chi connectivity index (χ1v) is 50.2. The van der Waals surface area contributed by atoms with Gasteiger partial charge in [-0.25, -0.2) is 83.4 Å². The Balaban J connectivity index is 0.000000133. The molecule has 0 spiro atoms. The van der Waals surface area contributed by atoms with Gasteiger partial charge in [0.2, 0.25) is 0 Å². The van der Waals surface area contributed by atoms with E-state index >= 15 is 0 Å². The predicted molar refractivity (Wildman–Crippen MR) is 481 cm³/mol. The zero-order valence-electron chi connectivity index (χ0n) is 80.1. The van der Waals surface area contributed by atoms with Gasteiger partial charge in [-0.15, -0.1) is 0 Å². The van der Waals surface area contributed by atoms with Crippen molar-refractivity contribution in [2.45, 2.75) is 247 Å². The molecule has 0 radical (unpaired) electrons. The fourth-order valence-corrected chi connectivity index (χ4v) is 21.5. The maximum absolute atomic E-state index is 14.5. The molecule has 20 rings (SSSR count). The van der Waals surface area contributed by atoms with Crippen molar-refractivity contribution in [1.82, 2.24) is 0 Å². The SMILES string of the molecule is Fc1cc(C2CCC(C3CCC3)CO2)ccc1C(F)(F)Oc1cc(F)c(F)c(F)c1.Fc1cc(OC(F)(F)C2CCC(C3CCC(C4CCC4)CO3)CC2)cc(F)c1F.Fc1cc(OC(F)(F)c2c(F)cc(C3CCC(C4CCC4)CO3)cc2F)cc(F)c1F.Fc1cc(OC(F)(F)c2ccc(C3CCC(C4CCC4)CO3)cc2)cc(F)c1F.Fc1ccc(OC(F)(F)c2c(F)cc(C3CCC(C4CCC4)CO3)cc2F)cc1F. The van der Waals surface area contributed by atoms with Crippen LogP contribution in [0.5, 0.6) is 28.7 Å². The molecule has 6 aliphatic carbocycles. The fourth-order valence-electron chi connectivity index (χ4n) is 21.5. The van der Waals surface area contributed by atoms with Gasteiger partial charge in [0.25, 0.3) is 0 Å². The van der Waals surface area contributed by atoms with E-state index in [1.54, 1.807) is 12.1 Å². The quantitative estimate of drug-likeness (QED) is 0.0407. The van der Waals surface area contributed by atoms with E-state index in [0.29, 0.717) is 148 Å². The summed E-state index contributed by atoms with van der Waals surface area (Å²) in [5, 5.41) is 0. The van der Waals surface area contributed by atoms with E-state index in [1.165, 1.54) is 102 Å². The highest BCUT2D eigenvalue weighted by Crippen LogP contribution is 2.52. The molecule has 9 aromatic rings. The molecule has 10 atom stereocenters. The van der Waals surface area contributed by atoms with Crippen LogP contribution in [0.3, 0.4) is 0 Å². The first-order valence-electron chi connectivity index (χ1n) is 50.2. The van der Waals surface area contributed by atoms with Gasteiger partial charge in [-0.2, -0.15) is 43.9 Å². The summed E-state index contributed by atoms with van der Waals surface area (Å²) in [4.78, 5) is 0. The molecule has 10 nitrogen and oxygen atoms in total. The molecule has 5 aliphatic heterocycles. The van der Waals surface area contributed by atoms with Gasteiger partial charge in [0, 0.05) is 54.6 Å². The van der Waals surface area contributed by atoms with Crippen molar-refractivity contribution in [3.8, 4) is 28.7 Å². The minimum Gasteiger partial charge on any atom is -0.432 e. The van der Waals surface area contributed by atoms with Gasteiger partial charge >= 0.3 is 30.5 Å². The number of hydrogen-bond acceptors (Lipinski definition) is 10. The third-order valence-electron chi connectivity index (χ3n) is 31.2. The molecule has 5 heterocycles. The molecule has 5 saturated heterocycles. The van der Waals surface area contributed by atoms with Gasteiger partial charge in [0.05, 0.1) is 80.6 Å². The Bertz CT molecular complexity index is 5910. The van der Waals surface area contributed by atoms with Crippen LogP contribution in [0.1, 0.15) is 255 Å². The third-order valence-corrected chi connectivity index (χ3v) is 31.2. The standard InChI is InChI=1S/C22H19F7O2.2C22H20F6O2.C22H27F5O2.C22H21F5O2/c23-15-6-13(19-5-4-12(10-30-19)11-2-1-3-11)7-16(24)20(15)22(28,29)31-14-8-17(25)21(27)18(26)9-14;23-16-6-5-15(10-17(16)24)30-22(27,28)21-18(25)8-14(9-19(21)26)20-7-4-13(11-29-20)12-2-1-3-12;23-17-8-13(20-7-5-14(11-29-20)12-2-1-3-12)4-6-16(17)22(27,28)30-15-9-18(24)21(26)19(25)10-15;2*23-18-10-17(11-19(24)21(18)25)29-22(26,27)16-7-4-14(5-8-16)20-9-6-15(12-28-20)13-2-1-3-13/h6-9,11-12,19H,1-5,10H2;5-6,8-10,12-13,20H,1-4,7,11H2;4,6,8-10,12,14,20H,1-3,5,7,11H2;10-11,13-16,20H,1-9,12H2;4-5,7-8,10-11,13,15,20H,1-3,6,9,12H2. The number of rotatable bonds is 25. The second kappa shape index (κ2) is 47.6. The van der Waals surface area contributed by atoms with Gasteiger partial charge < -0.3 is 47.4 Å². The normalized spacial score (nSPS) is 24.3. The molecule has 149 heavy (non-hydrogen) atoms. The molecule has 11 fully saturated rings. The summed E-state index contributed by atoms with van der Waals surface area (Å²) in [5.41, 5.74) is -3.42. The number of hydrogen-bond donors (Lipinski definition) is 0. The Kier molecular flexibility index (Phi) is 35.5. The summed E-state index contributed by atoms with van der Waals surface area (Å²) in [5.74, 6) is -29.5. The molecule has 0 amide bonds. The van der Waals surface area contributed by atoms with Crippen LogP contribution in [-0.4, -0.2) is 45.2 Å². The summed E-state index contributed by atoms with van der Waals surface area (Å²) in [6, 6.07) is 16.0. The van der Waals surface area contributed by atoms with E-state index in [-0.39, 0.29) is 72.5 Å². The lowest BCUT2D eigenvalue weighted by atomic mass is 9.71. The topological polar surface area (TPSA) is 92.3 Å². The summed E-state index contributed by atoms with van der Waals surface area (Å²) in [6.07, 6.45) is 6.45. The summed E-state index contributed by atoms with van der Waals surface area (Å²) in [6.45, 7) is 2.98. The highest BCUT2D eigenvalue weighted by Gasteiger charge is 2.50. The average molecular weight is 2140 g/mol. The molecule has 39 heteroatoms. The van der Waals surface area contributed by atoms with Crippen molar-refractivity contribution in [2.24, 2.45) is 71.0 Å². The molecule has 11 aliphatic rings. The third kappa shape index (κ3) is 27.0. The first-order chi connectivity index (χ1) is 70.8. The first kappa shape index (κ1) is 111. The summed E-state index contributed by atoms with van der Waals surface area (Å²) < 4.78 is 452. The number of benzene rings is 9. The van der Waals surface area contributed by atoms with Gasteiger partial charge in [-0.1, -0.05) is 115 Å². The molecular formula is C110H107F29O10. The molecule has 9 aromatic carbocycles. The van der Waals surface area contributed by atoms with Crippen molar-refractivity contribution < 1.29 is 175 Å². The van der Waals surface area contributed by atoms with Crippen LogP contribution < -0.4 is 23.7 Å². The van der Waals surface area contributed by atoms with Gasteiger partial charge in [-0.3, -0.25) is 0 Å². The van der Waals surface area contributed by atoms with Crippen LogP contribution >= 0.6 is 0 Å². The van der Waals surface area contributed by atoms with E-state index in [4.69, 9.17) is 23.7 Å². The molecule has 10 unspecified atom stereocenters. The zero-order valence-corrected chi connectivity index (χ0v) is 80.1. The van der Waals surface area contributed by atoms with E-state index in [1.807, 2.05) is 0 Å². The summed E-state index contributed by atoms with van der Waals surface area (Å²) >= 11 is 0. The van der Waals surface area contributed by atoms with E-state index in [9.17, 15) is 127 Å². The monoisotopic (exact) mass is 2140 g/mol. The van der Waals surface area contributed by atoms with Crippen molar-refractivity contribution in [3.05, 3.63) is 288 Å². The minimum atomic E-state index is -4.61. The lowest BCUT2D eigenvalue weighted by Gasteiger charge is -2.42. The van der Waals surface area contributed by atoms with Crippen molar-refractivity contribution >= 4 is 0 Å². The molecule has 0 N–H and O–H groups in total. The molecule has 810 valence electrons. The second-order valence-corrected chi connectivity index (χ2v) is 40.5. The van der Waals surface area contributed by atoms with Crippen LogP contribution in [0.2, 0.25) is 0 Å². The number of alkyl halides is 10. The van der Waals surface area contributed by atoms with Crippen LogP contribution in [0, 0.1) is 182 Å². The Labute approximate surface area is 839 Å². The highest BCUT2D eigenvalue weighted by atomic mass is 19.3. The van der Waals surface area contributed by atoms with E-state index in [2.05, 4.69) is 23.7 Å². The van der Waals surface area contributed by atoms with E-state index < -0.39 is 210 Å². The van der Waals surface area contributed by atoms with Gasteiger partial charge in [0.1, 0.15) is 69.0 Å². The molecule has 0 aromatic heterocycles. The lowest BCUT2D eigenvalue weighted by Crippen LogP contribution is -2.41. The molecule has 0 bridgehead atoms. The van der Waals surface area contributed by atoms with Crippen LogP contribution in [0.15, 0.2) is 133 Å². The van der Waals surface area contributed by atoms with Crippen LogP contribution in [-0.2, 0) is 48.1 Å². The molecule has 6 saturated carbocycles. The highest BCUT2D eigenvalue weighted by molar-refractivity contribution is 5.38. The Hall–Kier alpha value is -10.3. The van der Waals surface area contributed by atoms with Crippen molar-refractivity contribution in [3.63, 3.8) is 0 Å². The van der Waals surface area contributed by atoms with Crippen molar-refractivity contribution in [2.75, 3.05) is 33.0 Å². The Morgan fingerprint density at radius 2 is 0.483 bits per heavy atom. The molecular weight excluding hydrogens is 2030 g/mol. The smallest absolute Gasteiger partial charge is 0.432 e. The van der Waals surface area contributed by atoms with E-state index in [0.717, 1.165) is 124 Å². The maximum atomic E-state index is 14.5. The number of ether oxygens (including phenoxy) is 10. The summed E-state index contributed by atoms with van der Waals surface area (Å²) in [7, 11) is 0. The minimum absolute atomic E-state index is 0.0838. The Morgan fingerprint density at radius 1 is 0.201 bits per heavy atom. The largest absolute Gasteiger partial charge is 0.432 e. The zero-order chi connectivity index (χ0) is 106. The predicted octanol–water partition coefficient (Wildman–Crippen LogP) is 33.0. The Morgan fingerprint density at radius 3 is 0.792 bits per heavy atom. The van der Waals surface area contributed by atoms with Crippen molar-refractivity contribution in [1.29, 1.82) is 0 Å². The second-order valence-electron chi connectivity index (χ2n) is 40.5. The fraction of sp³-hybridized carbons (Fsp3) is 0.509. The number of halogens is 29. The van der Waals surface area contributed by atoms with Gasteiger partial charge in [-0.05, 0) is 238 Å². The lowest BCUT2D eigenvalue weighted by molar-refractivity contribution is -0.226. The maximum Gasteiger partial charge on any atom is 0.432 e. The van der Waals surface area contributed by atoms with Crippen LogP contribution in [0.4, 0.5) is 127 Å². The average Bonchev–Trinajstić information content (AvgIpc) is 0.810. The van der Waals surface area contributed by atoms with Gasteiger partial charge in [0.15, 0.2) is 81.4 Å². The van der Waals surface area contributed by atoms with Crippen LogP contribution in [0.25, 0.3) is 0 Å².